The molecule has 1 unspecified atom stereocenters. The summed E-state index contributed by atoms with van der Waals surface area (Å²) in [5.41, 5.74) is 0. The second-order valence-corrected chi connectivity index (χ2v) is 6.04. The molecule has 0 spiro atoms. The Kier molecular flexibility index (Phi) is 4.46. The molecule has 2 nitrogen and oxygen atoms in total. The number of alkyl halides is 1. The molecule has 0 aliphatic carbocycles. The fourth-order valence-corrected chi connectivity index (χ4v) is 3.20. The van der Waals surface area contributed by atoms with E-state index in [-0.39, 0.29) is 0 Å². The molecule has 2 heterocycles. The molecule has 0 aromatic carbocycles. The Morgan fingerprint density at radius 2 is 2.47 bits per heavy atom. The average molecular weight is 311 g/mol. The van der Waals surface area contributed by atoms with E-state index >= 15 is 0 Å². The zero-order valence-electron chi connectivity index (χ0n) is 8.29. The summed E-state index contributed by atoms with van der Waals surface area (Å²) in [5.74, 6) is 0. The highest BCUT2D eigenvalue weighted by molar-refractivity contribution is 9.09. The molecule has 1 fully saturated rings. The fourth-order valence-electron chi connectivity index (χ4n) is 1.67. The number of thiophene rings is 1. The average Bonchev–Trinajstić information content (AvgIpc) is 2.64. The van der Waals surface area contributed by atoms with Gasteiger partial charge in [0, 0.05) is 29.8 Å². The maximum Gasteiger partial charge on any atom is 0.0931 e. The molecule has 0 amide bonds. The van der Waals surface area contributed by atoms with E-state index in [4.69, 9.17) is 16.3 Å². The van der Waals surface area contributed by atoms with Crippen LogP contribution in [0, 0.1) is 0 Å². The van der Waals surface area contributed by atoms with E-state index in [0.29, 0.717) is 6.10 Å². The summed E-state index contributed by atoms with van der Waals surface area (Å²) in [7, 11) is 0. The Labute approximate surface area is 107 Å². The molecule has 15 heavy (non-hydrogen) atoms. The van der Waals surface area contributed by atoms with Gasteiger partial charge in [0.25, 0.3) is 0 Å². The quantitative estimate of drug-likeness (QED) is 0.796. The Balaban J connectivity index is 1.88. The van der Waals surface area contributed by atoms with Crippen molar-refractivity contribution in [3.63, 3.8) is 0 Å². The van der Waals surface area contributed by atoms with Crippen LogP contribution in [0.2, 0.25) is 4.34 Å². The normalized spacial score (nSPS) is 23.2. The predicted octanol–water partition coefficient (Wildman–Crippen LogP) is 3.00. The smallest absolute Gasteiger partial charge is 0.0931 e. The Hall–Kier alpha value is 0.390. The van der Waals surface area contributed by atoms with Gasteiger partial charge in [0.1, 0.15) is 0 Å². The largest absolute Gasteiger partial charge is 0.375 e. The van der Waals surface area contributed by atoms with Crippen LogP contribution in [0.25, 0.3) is 0 Å². The Morgan fingerprint density at radius 1 is 1.60 bits per heavy atom. The number of ether oxygens (including phenoxy) is 1. The van der Waals surface area contributed by atoms with Crippen LogP contribution in [0.15, 0.2) is 12.1 Å². The van der Waals surface area contributed by atoms with Gasteiger partial charge in [-0.3, -0.25) is 4.90 Å². The third-order valence-electron chi connectivity index (χ3n) is 2.40. The maximum atomic E-state index is 5.90. The molecule has 0 radical (unpaired) electrons. The molecule has 1 aliphatic rings. The lowest BCUT2D eigenvalue weighted by atomic mass is 10.3. The van der Waals surface area contributed by atoms with Gasteiger partial charge in [-0.1, -0.05) is 27.5 Å². The topological polar surface area (TPSA) is 12.5 Å². The van der Waals surface area contributed by atoms with Crippen LogP contribution in [0.5, 0.6) is 0 Å². The number of nitrogens with zero attached hydrogens (tertiary/aromatic N) is 1. The minimum atomic E-state index is 0.328. The summed E-state index contributed by atoms with van der Waals surface area (Å²) in [5, 5.41) is 0.911. The first kappa shape index (κ1) is 11.9. The molecule has 1 aromatic heterocycles. The van der Waals surface area contributed by atoms with Gasteiger partial charge < -0.3 is 4.74 Å². The van der Waals surface area contributed by atoms with Crippen LogP contribution in [-0.2, 0) is 11.3 Å². The fraction of sp³-hybridized carbons (Fsp3) is 0.600. The molecule has 0 N–H and O–H groups in total. The first-order valence-corrected chi connectivity index (χ1v) is 7.23. The van der Waals surface area contributed by atoms with Crippen molar-refractivity contribution in [1.29, 1.82) is 0 Å². The molecule has 2 rings (SSSR count). The monoisotopic (exact) mass is 309 g/mol. The van der Waals surface area contributed by atoms with E-state index in [9.17, 15) is 0 Å². The summed E-state index contributed by atoms with van der Waals surface area (Å²) in [4.78, 5) is 3.74. The molecule has 1 saturated heterocycles. The van der Waals surface area contributed by atoms with Crippen molar-refractivity contribution in [3.8, 4) is 0 Å². The standard InChI is InChI=1S/C10H13BrClNOS/c11-5-8-6-13(3-4-14-8)7-9-1-2-10(12)15-9/h1-2,8H,3-7H2. The van der Waals surface area contributed by atoms with Crippen molar-refractivity contribution < 1.29 is 4.74 Å². The van der Waals surface area contributed by atoms with E-state index in [1.165, 1.54) is 4.88 Å². The van der Waals surface area contributed by atoms with Gasteiger partial charge in [-0.05, 0) is 12.1 Å². The second kappa shape index (κ2) is 5.64. The first-order valence-electron chi connectivity index (χ1n) is 4.92. The van der Waals surface area contributed by atoms with Crippen molar-refractivity contribution in [2.75, 3.05) is 25.0 Å². The van der Waals surface area contributed by atoms with Crippen LogP contribution in [0.1, 0.15) is 4.88 Å². The number of rotatable bonds is 3. The summed E-state index contributed by atoms with van der Waals surface area (Å²) >= 11 is 11.0. The molecule has 1 aliphatic heterocycles. The number of morpholine rings is 1. The zero-order valence-corrected chi connectivity index (χ0v) is 11.4. The van der Waals surface area contributed by atoms with E-state index in [1.54, 1.807) is 11.3 Å². The van der Waals surface area contributed by atoms with Gasteiger partial charge in [-0.15, -0.1) is 11.3 Å². The van der Waals surface area contributed by atoms with Gasteiger partial charge >= 0.3 is 0 Å². The summed E-state index contributed by atoms with van der Waals surface area (Å²) < 4.78 is 6.46. The van der Waals surface area contributed by atoms with E-state index < -0.39 is 0 Å². The van der Waals surface area contributed by atoms with Crippen LogP contribution in [0.4, 0.5) is 0 Å². The van der Waals surface area contributed by atoms with E-state index in [2.05, 4.69) is 26.9 Å². The van der Waals surface area contributed by atoms with Gasteiger partial charge in [0.15, 0.2) is 0 Å². The molecular formula is C10H13BrClNOS. The van der Waals surface area contributed by atoms with Crippen molar-refractivity contribution in [2.24, 2.45) is 0 Å². The highest BCUT2D eigenvalue weighted by Crippen LogP contribution is 2.23. The van der Waals surface area contributed by atoms with Crippen molar-refractivity contribution in [2.45, 2.75) is 12.6 Å². The summed E-state index contributed by atoms with van der Waals surface area (Å²) in [6, 6.07) is 4.07. The number of hydrogen-bond acceptors (Lipinski definition) is 3. The highest BCUT2D eigenvalue weighted by Gasteiger charge is 2.19. The van der Waals surface area contributed by atoms with Crippen LogP contribution >= 0.6 is 38.9 Å². The zero-order chi connectivity index (χ0) is 10.7. The highest BCUT2D eigenvalue weighted by atomic mass is 79.9. The van der Waals surface area contributed by atoms with E-state index in [1.807, 2.05) is 6.07 Å². The van der Waals surface area contributed by atoms with Gasteiger partial charge in [-0.2, -0.15) is 0 Å². The minimum Gasteiger partial charge on any atom is -0.375 e. The number of halogens is 2. The Morgan fingerprint density at radius 3 is 3.13 bits per heavy atom. The second-order valence-electron chi connectivity index (χ2n) is 3.59. The van der Waals surface area contributed by atoms with Crippen molar-refractivity contribution >= 4 is 38.9 Å². The van der Waals surface area contributed by atoms with Gasteiger partial charge in [0.2, 0.25) is 0 Å². The molecule has 1 aromatic rings. The number of hydrogen-bond donors (Lipinski definition) is 0. The lowest BCUT2D eigenvalue weighted by Gasteiger charge is -2.31. The SMILES string of the molecule is Clc1ccc(CN2CCOC(CBr)C2)s1. The third kappa shape index (κ3) is 3.43. The minimum absolute atomic E-state index is 0.328. The Bertz CT molecular complexity index is 320. The van der Waals surface area contributed by atoms with E-state index in [0.717, 1.165) is 35.9 Å². The molecule has 0 bridgehead atoms. The van der Waals surface area contributed by atoms with Crippen molar-refractivity contribution in [3.05, 3.63) is 21.3 Å². The predicted molar refractivity (Wildman–Crippen MR) is 68.1 cm³/mol. The molecule has 1 atom stereocenters. The maximum absolute atomic E-state index is 5.90. The molecular weight excluding hydrogens is 298 g/mol. The third-order valence-corrected chi connectivity index (χ3v) is 4.34. The summed E-state index contributed by atoms with van der Waals surface area (Å²) in [6.45, 7) is 3.83. The molecule has 5 heteroatoms. The van der Waals surface area contributed by atoms with Gasteiger partial charge in [0.05, 0.1) is 17.0 Å². The van der Waals surface area contributed by atoms with Crippen molar-refractivity contribution in [1.82, 2.24) is 4.90 Å². The van der Waals surface area contributed by atoms with Crippen LogP contribution in [0.3, 0.4) is 0 Å². The lowest BCUT2D eigenvalue weighted by molar-refractivity contribution is -0.0178. The van der Waals surface area contributed by atoms with Gasteiger partial charge in [-0.25, -0.2) is 0 Å². The van der Waals surface area contributed by atoms with Crippen LogP contribution in [-0.4, -0.2) is 36.0 Å². The summed E-state index contributed by atoms with van der Waals surface area (Å²) in [6.07, 6.45) is 0.328. The lowest BCUT2D eigenvalue weighted by Crippen LogP contribution is -2.42. The molecule has 84 valence electrons. The first-order chi connectivity index (χ1) is 7.28. The van der Waals surface area contributed by atoms with Crippen LogP contribution < -0.4 is 0 Å². The molecule has 0 saturated carbocycles.